The summed E-state index contributed by atoms with van der Waals surface area (Å²) in [6, 6.07) is -0.456. The number of ether oxygens (including phenoxy) is 1. The number of nitrogens with two attached hydrogens (primary N) is 1. The lowest BCUT2D eigenvalue weighted by Crippen LogP contribution is -2.32. The Hall–Kier alpha value is -0.570. The fraction of sp³-hybridized carbons (Fsp3) is 0.857. The molecular formula is C7H15NO2. The molecule has 0 spiro atoms. The SMILES string of the molecule is CCC(N)C(=O)OC(C)C. The van der Waals surface area contributed by atoms with E-state index in [1.54, 1.807) is 13.8 Å². The Kier molecular flexibility index (Phi) is 4.03. The van der Waals surface area contributed by atoms with Crippen LogP contribution in [0.3, 0.4) is 0 Å². The Labute approximate surface area is 61.5 Å². The van der Waals surface area contributed by atoms with Gasteiger partial charge in [-0.3, -0.25) is 4.79 Å². The van der Waals surface area contributed by atoms with Gasteiger partial charge in [-0.15, -0.1) is 0 Å². The average Bonchev–Trinajstić information content (AvgIpc) is 1.85. The first-order valence-electron chi connectivity index (χ1n) is 3.54. The highest BCUT2D eigenvalue weighted by Crippen LogP contribution is 1.94. The van der Waals surface area contributed by atoms with Gasteiger partial charge in [0, 0.05) is 0 Å². The average molecular weight is 145 g/mol. The summed E-state index contributed by atoms with van der Waals surface area (Å²) in [5, 5.41) is 0. The molecule has 0 amide bonds. The molecule has 0 radical (unpaired) electrons. The lowest BCUT2D eigenvalue weighted by molar-refractivity contribution is -0.149. The second-order valence-electron chi connectivity index (χ2n) is 2.50. The van der Waals surface area contributed by atoms with Gasteiger partial charge in [-0.2, -0.15) is 0 Å². The fourth-order valence-electron chi connectivity index (χ4n) is 0.486. The van der Waals surface area contributed by atoms with Crippen LogP contribution in [0.1, 0.15) is 27.2 Å². The van der Waals surface area contributed by atoms with Gasteiger partial charge in [0.25, 0.3) is 0 Å². The first-order chi connectivity index (χ1) is 4.57. The van der Waals surface area contributed by atoms with Gasteiger partial charge in [-0.25, -0.2) is 0 Å². The van der Waals surface area contributed by atoms with Gasteiger partial charge in [0.15, 0.2) is 0 Å². The molecule has 2 N–H and O–H groups in total. The van der Waals surface area contributed by atoms with E-state index in [0.717, 1.165) is 0 Å². The molecule has 0 aromatic rings. The van der Waals surface area contributed by atoms with Crippen molar-refractivity contribution in [2.75, 3.05) is 0 Å². The molecule has 0 aromatic carbocycles. The van der Waals surface area contributed by atoms with E-state index >= 15 is 0 Å². The van der Waals surface area contributed by atoms with Crippen LogP contribution >= 0.6 is 0 Å². The molecule has 10 heavy (non-hydrogen) atoms. The molecule has 0 aromatic heterocycles. The van der Waals surface area contributed by atoms with Crippen LogP contribution in [0.5, 0.6) is 0 Å². The zero-order valence-corrected chi connectivity index (χ0v) is 6.76. The summed E-state index contributed by atoms with van der Waals surface area (Å²) in [7, 11) is 0. The van der Waals surface area contributed by atoms with E-state index in [4.69, 9.17) is 10.5 Å². The maximum Gasteiger partial charge on any atom is 0.323 e. The minimum atomic E-state index is -0.456. The van der Waals surface area contributed by atoms with Crippen LogP contribution in [-0.2, 0) is 9.53 Å². The summed E-state index contributed by atoms with van der Waals surface area (Å²) in [4.78, 5) is 10.8. The van der Waals surface area contributed by atoms with Crippen molar-refractivity contribution in [2.45, 2.75) is 39.3 Å². The highest BCUT2D eigenvalue weighted by atomic mass is 16.5. The van der Waals surface area contributed by atoms with Gasteiger partial charge in [0.05, 0.1) is 6.10 Å². The largest absolute Gasteiger partial charge is 0.462 e. The van der Waals surface area contributed by atoms with Crippen molar-refractivity contribution in [2.24, 2.45) is 5.73 Å². The van der Waals surface area contributed by atoms with Crippen LogP contribution in [0.25, 0.3) is 0 Å². The summed E-state index contributed by atoms with van der Waals surface area (Å²) in [6.45, 7) is 5.47. The van der Waals surface area contributed by atoms with Crippen LogP contribution in [0.4, 0.5) is 0 Å². The van der Waals surface area contributed by atoms with Crippen molar-refractivity contribution in [3.8, 4) is 0 Å². The van der Waals surface area contributed by atoms with Crippen LogP contribution < -0.4 is 5.73 Å². The number of esters is 1. The molecule has 0 fully saturated rings. The summed E-state index contributed by atoms with van der Waals surface area (Å²) in [5.74, 6) is -0.308. The Morgan fingerprint density at radius 2 is 2.10 bits per heavy atom. The van der Waals surface area contributed by atoms with E-state index in [1.807, 2.05) is 6.92 Å². The maximum atomic E-state index is 10.8. The molecule has 0 aliphatic heterocycles. The molecule has 60 valence electrons. The van der Waals surface area contributed by atoms with Gasteiger partial charge < -0.3 is 10.5 Å². The molecule has 3 heteroatoms. The number of carbonyl (C=O) groups is 1. The lowest BCUT2D eigenvalue weighted by atomic mass is 10.2. The fourth-order valence-corrected chi connectivity index (χ4v) is 0.486. The molecule has 3 nitrogen and oxygen atoms in total. The molecule has 0 saturated carbocycles. The zero-order valence-electron chi connectivity index (χ0n) is 6.76. The van der Waals surface area contributed by atoms with Crippen molar-refractivity contribution in [1.82, 2.24) is 0 Å². The number of hydrogen-bond donors (Lipinski definition) is 1. The highest BCUT2D eigenvalue weighted by Gasteiger charge is 2.12. The Morgan fingerprint density at radius 3 is 2.40 bits per heavy atom. The van der Waals surface area contributed by atoms with Crippen LogP contribution in [-0.4, -0.2) is 18.1 Å². The second-order valence-corrected chi connectivity index (χ2v) is 2.50. The van der Waals surface area contributed by atoms with Gasteiger partial charge in [0.1, 0.15) is 6.04 Å². The van der Waals surface area contributed by atoms with Crippen molar-refractivity contribution in [3.63, 3.8) is 0 Å². The van der Waals surface area contributed by atoms with Crippen LogP contribution in [0.15, 0.2) is 0 Å². The van der Waals surface area contributed by atoms with Gasteiger partial charge in [-0.05, 0) is 20.3 Å². The molecule has 0 aliphatic rings. The summed E-state index contributed by atoms with van der Waals surface area (Å²) >= 11 is 0. The summed E-state index contributed by atoms with van der Waals surface area (Å²) < 4.78 is 4.84. The topological polar surface area (TPSA) is 52.3 Å². The normalized spacial score (nSPS) is 13.3. The van der Waals surface area contributed by atoms with Crippen molar-refractivity contribution in [1.29, 1.82) is 0 Å². The number of carbonyl (C=O) groups excluding carboxylic acids is 1. The molecule has 1 atom stereocenters. The molecule has 0 saturated heterocycles. The standard InChI is InChI=1S/C7H15NO2/c1-4-6(8)7(9)10-5(2)3/h5-6H,4,8H2,1-3H3. The highest BCUT2D eigenvalue weighted by molar-refractivity contribution is 5.75. The predicted octanol–water partition coefficient (Wildman–Crippen LogP) is 0.675. The van der Waals surface area contributed by atoms with Gasteiger partial charge in [0.2, 0.25) is 0 Å². The minimum absolute atomic E-state index is 0.0647. The molecule has 1 unspecified atom stereocenters. The smallest absolute Gasteiger partial charge is 0.323 e. The van der Waals surface area contributed by atoms with Crippen molar-refractivity contribution < 1.29 is 9.53 Å². The van der Waals surface area contributed by atoms with Gasteiger partial charge >= 0.3 is 5.97 Å². The summed E-state index contributed by atoms with van der Waals surface area (Å²) in [5.41, 5.74) is 5.39. The van der Waals surface area contributed by atoms with E-state index in [1.165, 1.54) is 0 Å². The van der Waals surface area contributed by atoms with Gasteiger partial charge in [-0.1, -0.05) is 6.92 Å². The van der Waals surface area contributed by atoms with E-state index in [9.17, 15) is 4.79 Å². The quantitative estimate of drug-likeness (QED) is 0.594. The van der Waals surface area contributed by atoms with Crippen molar-refractivity contribution in [3.05, 3.63) is 0 Å². The Bertz CT molecular complexity index is 112. The van der Waals surface area contributed by atoms with Crippen LogP contribution in [0.2, 0.25) is 0 Å². The first kappa shape index (κ1) is 9.43. The van der Waals surface area contributed by atoms with E-state index < -0.39 is 6.04 Å². The zero-order chi connectivity index (χ0) is 8.15. The molecule has 0 rings (SSSR count). The van der Waals surface area contributed by atoms with Crippen molar-refractivity contribution >= 4 is 5.97 Å². The second kappa shape index (κ2) is 4.28. The predicted molar refractivity (Wildman–Crippen MR) is 39.5 cm³/mol. The number of rotatable bonds is 3. The minimum Gasteiger partial charge on any atom is -0.462 e. The molecule has 0 heterocycles. The first-order valence-corrected chi connectivity index (χ1v) is 3.54. The Morgan fingerprint density at radius 1 is 1.60 bits per heavy atom. The van der Waals surface area contributed by atoms with E-state index in [0.29, 0.717) is 6.42 Å². The third-order valence-corrected chi connectivity index (χ3v) is 1.09. The summed E-state index contributed by atoms with van der Waals surface area (Å²) in [6.07, 6.45) is 0.566. The third-order valence-electron chi connectivity index (χ3n) is 1.09. The molecule has 0 bridgehead atoms. The molecule has 0 aliphatic carbocycles. The van der Waals surface area contributed by atoms with E-state index in [2.05, 4.69) is 0 Å². The lowest BCUT2D eigenvalue weighted by Gasteiger charge is -2.11. The number of hydrogen-bond acceptors (Lipinski definition) is 3. The third kappa shape index (κ3) is 3.45. The van der Waals surface area contributed by atoms with Crippen LogP contribution in [0, 0.1) is 0 Å². The molecular weight excluding hydrogens is 130 g/mol. The monoisotopic (exact) mass is 145 g/mol. The Balaban J connectivity index is 3.62. The van der Waals surface area contributed by atoms with E-state index in [-0.39, 0.29) is 12.1 Å². The maximum absolute atomic E-state index is 10.8.